The predicted molar refractivity (Wildman–Crippen MR) is 66.9 cm³/mol. The third-order valence-corrected chi connectivity index (χ3v) is 4.36. The molecule has 0 radical (unpaired) electrons. The van der Waals surface area contributed by atoms with Crippen molar-refractivity contribution in [2.45, 2.75) is 26.2 Å². The van der Waals surface area contributed by atoms with Crippen molar-refractivity contribution in [2.75, 3.05) is 5.32 Å². The fourth-order valence-corrected chi connectivity index (χ4v) is 3.34. The third kappa shape index (κ3) is 1.82. The minimum absolute atomic E-state index is 0.123. The van der Waals surface area contributed by atoms with Gasteiger partial charge in [0.15, 0.2) is 5.15 Å². The van der Waals surface area contributed by atoms with Crippen LogP contribution in [0.1, 0.15) is 24.8 Å². The number of carbonyl (C=O) groups excluding carboxylic acids is 1. The van der Waals surface area contributed by atoms with E-state index in [0.717, 1.165) is 5.56 Å². The average molecular weight is 251 g/mol. The van der Waals surface area contributed by atoms with Gasteiger partial charge in [-0.2, -0.15) is 0 Å². The van der Waals surface area contributed by atoms with E-state index in [9.17, 15) is 4.79 Å². The van der Waals surface area contributed by atoms with E-state index in [1.165, 1.54) is 19.3 Å². The summed E-state index contributed by atoms with van der Waals surface area (Å²) >= 11 is 5.99. The smallest absolute Gasteiger partial charge is 0.228 e. The highest BCUT2D eigenvalue weighted by Crippen LogP contribution is 2.57. The Morgan fingerprint density at radius 1 is 1.47 bits per heavy atom. The summed E-state index contributed by atoms with van der Waals surface area (Å²) in [6.07, 6.45) is 5.36. The zero-order valence-electron chi connectivity index (χ0n) is 9.74. The summed E-state index contributed by atoms with van der Waals surface area (Å²) < 4.78 is 0. The molecule has 1 N–H and O–H groups in total. The monoisotopic (exact) mass is 250 g/mol. The van der Waals surface area contributed by atoms with E-state index in [2.05, 4.69) is 10.3 Å². The van der Waals surface area contributed by atoms with E-state index in [-0.39, 0.29) is 11.8 Å². The molecule has 3 rings (SSSR count). The number of anilines is 1. The molecule has 0 aliphatic heterocycles. The normalized spacial score (nSPS) is 29.9. The molecule has 0 aromatic carbocycles. The molecule has 2 aliphatic carbocycles. The van der Waals surface area contributed by atoms with Gasteiger partial charge in [-0.3, -0.25) is 4.79 Å². The lowest BCUT2D eigenvalue weighted by Gasteiger charge is -2.10. The Balaban J connectivity index is 1.73. The first-order chi connectivity index (χ1) is 8.18. The van der Waals surface area contributed by atoms with Crippen molar-refractivity contribution >= 4 is 23.2 Å². The summed E-state index contributed by atoms with van der Waals surface area (Å²) in [6, 6.07) is 1.86. The van der Waals surface area contributed by atoms with E-state index in [0.29, 0.717) is 22.7 Å². The lowest BCUT2D eigenvalue weighted by molar-refractivity contribution is -0.118. The first kappa shape index (κ1) is 11.0. The maximum atomic E-state index is 12.1. The average Bonchev–Trinajstić information content (AvgIpc) is 2.78. The molecule has 2 saturated carbocycles. The van der Waals surface area contributed by atoms with E-state index in [1.54, 1.807) is 6.20 Å². The minimum Gasteiger partial charge on any atom is -0.323 e. The summed E-state index contributed by atoms with van der Waals surface area (Å²) in [5, 5.41) is 3.31. The number of hydrogen-bond donors (Lipinski definition) is 1. The van der Waals surface area contributed by atoms with Gasteiger partial charge >= 0.3 is 0 Å². The number of pyridine rings is 1. The SMILES string of the molecule is Cc1ccnc(Cl)c1NC(=O)C1C2CCCC21. The molecule has 0 saturated heterocycles. The van der Waals surface area contributed by atoms with Crippen LogP contribution in [0.25, 0.3) is 0 Å². The molecule has 17 heavy (non-hydrogen) atoms. The third-order valence-electron chi connectivity index (χ3n) is 4.07. The number of aromatic nitrogens is 1. The molecule has 1 amide bonds. The van der Waals surface area contributed by atoms with Gasteiger partial charge < -0.3 is 5.32 Å². The van der Waals surface area contributed by atoms with Crippen LogP contribution in [0.4, 0.5) is 5.69 Å². The number of fused-ring (bicyclic) bond motifs is 1. The molecule has 3 nitrogen and oxygen atoms in total. The van der Waals surface area contributed by atoms with Crippen LogP contribution in [0.15, 0.2) is 12.3 Å². The predicted octanol–water partition coefficient (Wildman–Crippen LogP) is 3.03. The van der Waals surface area contributed by atoms with Crippen LogP contribution in [0.3, 0.4) is 0 Å². The molecule has 2 unspecified atom stereocenters. The van der Waals surface area contributed by atoms with Crippen molar-refractivity contribution in [3.05, 3.63) is 23.0 Å². The Kier molecular flexibility index (Phi) is 2.58. The van der Waals surface area contributed by atoms with Gasteiger partial charge in [-0.1, -0.05) is 18.0 Å². The summed E-state index contributed by atoms with van der Waals surface area (Å²) in [7, 11) is 0. The topological polar surface area (TPSA) is 42.0 Å². The Hall–Kier alpha value is -1.09. The fraction of sp³-hybridized carbons (Fsp3) is 0.538. The number of amides is 1. The standard InChI is InChI=1S/C13H15ClN2O/c1-7-5-6-15-12(14)11(7)16-13(17)10-8-3-2-4-9(8)10/h5-6,8-10H,2-4H2,1H3,(H,16,17). The summed E-state index contributed by atoms with van der Waals surface area (Å²) in [5.41, 5.74) is 1.63. The number of rotatable bonds is 2. The fourth-order valence-electron chi connectivity index (χ4n) is 3.09. The van der Waals surface area contributed by atoms with E-state index >= 15 is 0 Å². The van der Waals surface area contributed by atoms with Crippen molar-refractivity contribution in [1.82, 2.24) is 4.98 Å². The molecule has 1 aromatic rings. The first-order valence-electron chi connectivity index (χ1n) is 6.10. The summed E-state index contributed by atoms with van der Waals surface area (Å²) in [5.74, 6) is 1.61. The Labute approximate surface area is 106 Å². The molecular formula is C13H15ClN2O. The van der Waals surface area contributed by atoms with Crippen molar-refractivity contribution in [3.8, 4) is 0 Å². The van der Waals surface area contributed by atoms with Gasteiger partial charge in [0, 0.05) is 12.1 Å². The second-order valence-electron chi connectivity index (χ2n) is 5.07. The Morgan fingerprint density at radius 2 is 2.18 bits per heavy atom. The molecule has 90 valence electrons. The molecule has 2 atom stereocenters. The highest BCUT2D eigenvalue weighted by molar-refractivity contribution is 6.32. The summed E-state index contributed by atoms with van der Waals surface area (Å²) in [6.45, 7) is 1.93. The van der Waals surface area contributed by atoms with Crippen LogP contribution >= 0.6 is 11.6 Å². The van der Waals surface area contributed by atoms with Gasteiger partial charge in [0.1, 0.15) is 0 Å². The van der Waals surface area contributed by atoms with Gasteiger partial charge in [-0.15, -0.1) is 0 Å². The maximum absolute atomic E-state index is 12.1. The van der Waals surface area contributed by atoms with Crippen molar-refractivity contribution in [1.29, 1.82) is 0 Å². The number of hydrogen-bond acceptors (Lipinski definition) is 2. The molecule has 4 heteroatoms. The number of nitrogens with zero attached hydrogens (tertiary/aromatic N) is 1. The van der Waals surface area contributed by atoms with Gasteiger partial charge in [-0.05, 0) is 43.2 Å². The highest BCUT2D eigenvalue weighted by atomic mass is 35.5. The quantitative estimate of drug-likeness (QED) is 0.820. The van der Waals surface area contributed by atoms with E-state index in [4.69, 9.17) is 11.6 Å². The Bertz CT molecular complexity index is 444. The molecular weight excluding hydrogens is 236 g/mol. The second-order valence-corrected chi connectivity index (χ2v) is 5.43. The number of aryl methyl sites for hydroxylation is 1. The van der Waals surface area contributed by atoms with Crippen LogP contribution in [0, 0.1) is 24.7 Å². The van der Waals surface area contributed by atoms with Crippen LogP contribution < -0.4 is 5.32 Å². The van der Waals surface area contributed by atoms with E-state index < -0.39 is 0 Å². The van der Waals surface area contributed by atoms with Crippen LogP contribution in [-0.4, -0.2) is 10.9 Å². The second kappa shape index (κ2) is 3.98. The zero-order valence-corrected chi connectivity index (χ0v) is 10.5. The largest absolute Gasteiger partial charge is 0.323 e. The molecule has 1 aromatic heterocycles. The van der Waals surface area contributed by atoms with Crippen LogP contribution in [0.5, 0.6) is 0 Å². The molecule has 0 spiro atoms. The van der Waals surface area contributed by atoms with Crippen LogP contribution in [-0.2, 0) is 4.79 Å². The van der Waals surface area contributed by atoms with Gasteiger partial charge in [-0.25, -0.2) is 4.98 Å². The lowest BCUT2D eigenvalue weighted by Crippen LogP contribution is -2.17. The van der Waals surface area contributed by atoms with Crippen molar-refractivity contribution < 1.29 is 4.79 Å². The number of nitrogens with one attached hydrogen (secondary N) is 1. The minimum atomic E-state index is 0.123. The maximum Gasteiger partial charge on any atom is 0.228 e. The highest BCUT2D eigenvalue weighted by Gasteiger charge is 2.56. The number of halogens is 1. The van der Waals surface area contributed by atoms with Crippen LogP contribution in [0.2, 0.25) is 5.15 Å². The lowest BCUT2D eigenvalue weighted by atomic mass is 10.1. The van der Waals surface area contributed by atoms with Crippen molar-refractivity contribution in [2.24, 2.45) is 17.8 Å². The van der Waals surface area contributed by atoms with Gasteiger partial charge in [0.25, 0.3) is 0 Å². The first-order valence-corrected chi connectivity index (χ1v) is 6.48. The molecule has 2 aliphatic rings. The molecule has 2 fully saturated rings. The van der Waals surface area contributed by atoms with Gasteiger partial charge in [0.05, 0.1) is 5.69 Å². The van der Waals surface area contributed by atoms with E-state index in [1.807, 2.05) is 13.0 Å². The zero-order chi connectivity index (χ0) is 12.0. The molecule has 0 bridgehead atoms. The summed E-state index contributed by atoms with van der Waals surface area (Å²) in [4.78, 5) is 16.1. The number of carbonyl (C=O) groups is 1. The van der Waals surface area contributed by atoms with Crippen molar-refractivity contribution in [3.63, 3.8) is 0 Å². The molecule has 1 heterocycles. The Morgan fingerprint density at radius 3 is 2.82 bits per heavy atom. The van der Waals surface area contributed by atoms with Gasteiger partial charge in [0.2, 0.25) is 5.91 Å².